The van der Waals surface area contributed by atoms with Gasteiger partial charge in [-0.05, 0) is 73.3 Å². The molecule has 1 unspecified atom stereocenters. The van der Waals surface area contributed by atoms with Crippen LogP contribution in [0.1, 0.15) is 32.3 Å². The van der Waals surface area contributed by atoms with Crippen molar-refractivity contribution in [3.8, 4) is 22.5 Å². The predicted octanol–water partition coefficient (Wildman–Crippen LogP) is 6.28. The number of carboxylic acids is 1. The summed E-state index contributed by atoms with van der Waals surface area (Å²) in [5.74, 6) is -0.915. The molecule has 5 rings (SSSR count). The van der Waals surface area contributed by atoms with Crippen molar-refractivity contribution in [3.63, 3.8) is 0 Å². The third-order valence-electron chi connectivity index (χ3n) is 6.48. The second-order valence-corrected chi connectivity index (χ2v) is 9.99. The Bertz CT molecular complexity index is 1630. The third-order valence-corrected chi connectivity index (χ3v) is 6.72. The van der Waals surface area contributed by atoms with Gasteiger partial charge in [0, 0.05) is 22.7 Å². The second kappa shape index (κ2) is 11.1. The van der Waals surface area contributed by atoms with Crippen molar-refractivity contribution >= 4 is 34.5 Å². The number of benzene rings is 4. The van der Waals surface area contributed by atoms with E-state index in [1.54, 1.807) is 24.3 Å². The van der Waals surface area contributed by atoms with E-state index in [4.69, 9.17) is 11.6 Å². The number of likely N-dealkylation sites (N-methyl/N-ethyl adjacent to an activating group) is 1. The van der Waals surface area contributed by atoms with E-state index in [1.807, 2.05) is 79.7 Å². The summed E-state index contributed by atoms with van der Waals surface area (Å²) in [7, 11) is 3.87. The van der Waals surface area contributed by atoms with Crippen LogP contribution in [-0.2, 0) is 0 Å². The molecule has 0 bridgehead atoms. The van der Waals surface area contributed by atoms with E-state index in [0.29, 0.717) is 34.1 Å². The van der Waals surface area contributed by atoms with Crippen LogP contribution in [0.15, 0.2) is 91.0 Å². The number of carbonyl (C=O) groups excluding carboxylic acids is 1. The predicted molar refractivity (Wildman–Crippen MR) is 154 cm³/mol. The number of hydrogen-bond acceptors (Lipinski definition) is 4. The standard InChI is InChI=1S/C31H27ClN4O3/c1-36(2)18-28(19-8-4-3-5-9-19)35-30(37)20-12-14-22(25(16-20)31(38)39)24-17-21(32)13-15-23(24)29-33-26-10-6-7-11-27(26)34-29/h3-17,28H,18H2,1-2H3,(H,33,34)(H,35,37)(H,38,39). The van der Waals surface area contributed by atoms with E-state index in [-0.39, 0.29) is 23.1 Å². The highest BCUT2D eigenvalue weighted by molar-refractivity contribution is 6.31. The van der Waals surface area contributed by atoms with E-state index in [0.717, 1.165) is 16.6 Å². The Labute approximate surface area is 231 Å². The molecule has 196 valence electrons. The maximum absolute atomic E-state index is 13.3. The van der Waals surface area contributed by atoms with E-state index in [2.05, 4.69) is 15.3 Å². The van der Waals surface area contributed by atoms with Crippen LogP contribution in [-0.4, -0.2) is 52.5 Å². The number of nitrogens with zero attached hydrogens (tertiary/aromatic N) is 2. The van der Waals surface area contributed by atoms with Crippen LogP contribution in [0.5, 0.6) is 0 Å². The minimum atomic E-state index is -1.15. The molecule has 1 heterocycles. The van der Waals surface area contributed by atoms with E-state index >= 15 is 0 Å². The lowest BCUT2D eigenvalue weighted by molar-refractivity contribution is 0.0697. The van der Waals surface area contributed by atoms with Gasteiger partial charge in [0.2, 0.25) is 0 Å². The molecule has 0 spiro atoms. The number of aromatic nitrogens is 2. The van der Waals surface area contributed by atoms with Gasteiger partial charge >= 0.3 is 5.97 Å². The highest BCUT2D eigenvalue weighted by Gasteiger charge is 2.22. The van der Waals surface area contributed by atoms with Gasteiger partial charge in [0.1, 0.15) is 5.82 Å². The van der Waals surface area contributed by atoms with Gasteiger partial charge in [-0.3, -0.25) is 4.79 Å². The lowest BCUT2D eigenvalue weighted by atomic mass is 9.93. The first-order valence-electron chi connectivity index (χ1n) is 12.4. The third kappa shape index (κ3) is 5.70. The second-order valence-electron chi connectivity index (χ2n) is 9.56. The zero-order chi connectivity index (χ0) is 27.5. The van der Waals surface area contributed by atoms with Crippen molar-refractivity contribution in [2.75, 3.05) is 20.6 Å². The van der Waals surface area contributed by atoms with Gasteiger partial charge in [-0.25, -0.2) is 9.78 Å². The van der Waals surface area contributed by atoms with Gasteiger partial charge in [-0.2, -0.15) is 0 Å². The number of halogens is 1. The highest BCUT2D eigenvalue weighted by Crippen LogP contribution is 2.36. The molecule has 0 saturated heterocycles. The van der Waals surface area contributed by atoms with Crippen molar-refractivity contribution < 1.29 is 14.7 Å². The first-order chi connectivity index (χ1) is 18.8. The number of aromatic carboxylic acids is 1. The zero-order valence-corrected chi connectivity index (χ0v) is 22.2. The summed E-state index contributed by atoms with van der Waals surface area (Å²) in [5.41, 5.74) is 4.60. The van der Waals surface area contributed by atoms with Crippen LogP contribution in [0, 0.1) is 0 Å². The molecule has 1 amide bonds. The molecule has 7 nitrogen and oxygen atoms in total. The summed E-state index contributed by atoms with van der Waals surface area (Å²) >= 11 is 6.36. The molecule has 0 aliphatic rings. The number of rotatable bonds is 8. The smallest absolute Gasteiger partial charge is 0.336 e. The lowest BCUT2D eigenvalue weighted by Gasteiger charge is -2.23. The monoisotopic (exact) mass is 538 g/mol. The Kier molecular flexibility index (Phi) is 7.45. The molecule has 0 saturated carbocycles. The van der Waals surface area contributed by atoms with E-state index in [9.17, 15) is 14.7 Å². The van der Waals surface area contributed by atoms with Gasteiger partial charge in [0.25, 0.3) is 5.91 Å². The van der Waals surface area contributed by atoms with Crippen molar-refractivity contribution in [1.29, 1.82) is 0 Å². The number of carboxylic acid groups (broad SMARTS) is 1. The van der Waals surface area contributed by atoms with Crippen LogP contribution in [0.2, 0.25) is 5.02 Å². The molecule has 4 aromatic carbocycles. The van der Waals surface area contributed by atoms with Crippen LogP contribution in [0.25, 0.3) is 33.5 Å². The van der Waals surface area contributed by atoms with E-state index in [1.165, 1.54) is 6.07 Å². The Balaban J connectivity index is 1.54. The molecule has 8 heteroatoms. The van der Waals surface area contributed by atoms with Crippen molar-refractivity contribution in [2.45, 2.75) is 6.04 Å². The molecule has 5 aromatic rings. The van der Waals surface area contributed by atoms with Crippen molar-refractivity contribution in [3.05, 3.63) is 113 Å². The summed E-state index contributed by atoms with van der Waals surface area (Å²) in [6.45, 7) is 0.586. The average molecular weight is 539 g/mol. The SMILES string of the molecule is CN(C)CC(NC(=O)c1ccc(-c2cc(Cl)ccc2-c2nc3ccccc3[nH]2)c(C(=O)O)c1)c1ccccc1. The summed E-state index contributed by atoms with van der Waals surface area (Å²) in [5, 5.41) is 13.7. The maximum atomic E-state index is 13.3. The van der Waals surface area contributed by atoms with Crippen LogP contribution >= 0.6 is 11.6 Å². The maximum Gasteiger partial charge on any atom is 0.336 e. The summed E-state index contributed by atoms with van der Waals surface area (Å²) in [4.78, 5) is 35.7. The van der Waals surface area contributed by atoms with Crippen LogP contribution in [0.3, 0.4) is 0 Å². The van der Waals surface area contributed by atoms with Crippen LogP contribution in [0.4, 0.5) is 0 Å². The number of hydrogen-bond donors (Lipinski definition) is 3. The first kappa shape index (κ1) is 26.2. The number of H-pyrrole nitrogens is 1. The number of aromatic amines is 1. The minimum Gasteiger partial charge on any atom is -0.478 e. The first-order valence-corrected chi connectivity index (χ1v) is 12.8. The minimum absolute atomic E-state index is 0.00820. The molecular formula is C31H27ClN4O3. The Morgan fingerprint density at radius 3 is 2.36 bits per heavy atom. The highest BCUT2D eigenvalue weighted by atomic mass is 35.5. The van der Waals surface area contributed by atoms with Gasteiger partial charge < -0.3 is 20.3 Å². The topological polar surface area (TPSA) is 98.3 Å². The Morgan fingerprint density at radius 2 is 1.64 bits per heavy atom. The summed E-state index contributed by atoms with van der Waals surface area (Å²) in [6, 6.07) is 27.0. The molecule has 0 aliphatic heterocycles. The summed E-state index contributed by atoms with van der Waals surface area (Å²) in [6.07, 6.45) is 0. The molecule has 0 aliphatic carbocycles. The molecule has 1 aromatic heterocycles. The fourth-order valence-corrected chi connectivity index (χ4v) is 4.82. The van der Waals surface area contributed by atoms with E-state index < -0.39 is 5.97 Å². The van der Waals surface area contributed by atoms with Gasteiger partial charge in [0.05, 0.1) is 22.6 Å². The average Bonchev–Trinajstić information content (AvgIpc) is 3.36. The molecular weight excluding hydrogens is 512 g/mol. The largest absolute Gasteiger partial charge is 0.478 e. The zero-order valence-electron chi connectivity index (χ0n) is 21.5. The molecule has 39 heavy (non-hydrogen) atoms. The number of imidazole rings is 1. The fraction of sp³-hybridized carbons (Fsp3) is 0.129. The Hall–Kier alpha value is -4.46. The summed E-state index contributed by atoms with van der Waals surface area (Å²) < 4.78 is 0. The van der Waals surface area contributed by atoms with Crippen molar-refractivity contribution in [1.82, 2.24) is 20.2 Å². The molecule has 1 atom stereocenters. The molecule has 0 radical (unpaired) electrons. The molecule has 3 N–H and O–H groups in total. The number of nitrogens with one attached hydrogen (secondary N) is 2. The molecule has 0 fully saturated rings. The lowest BCUT2D eigenvalue weighted by Crippen LogP contribution is -2.35. The quantitative estimate of drug-likeness (QED) is 0.216. The van der Waals surface area contributed by atoms with Gasteiger partial charge in [-0.15, -0.1) is 0 Å². The normalized spacial score (nSPS) is 12.0. The van der Waals surface area contributed by atoms with Gasteiger partial charge in [-0.1, -0.05) is 60.1 Å². The van der Waals surface area contributed by atoms with Gasteiger partial charge in [0.15, 0.2) is 0 Å². The fourth-order valence-electron chi connectivity index (χ4n) is 4.65. The number of para-hydroxylation sites is 2. The number of carbonyl (C=O) groups is 2. The van der Waals surface area contributed by atoms with Crippen molar-refractivity contribution in [2.24, 2.45) is 0 Å². The van der Waals surface area contributed by atoms with Crippen LogP contribution < -0.4 is 5.32 Å². The Morgan fingerprint density at radius 1 is 0.923 bits per heavy atom. The number of fused-ring (bicyclic) bond motifs is 1. The number of amides is 1.